The van der Waals surface area contributed by atoms with Crippen LogP contribution in [-0.4, -0.2) is 34.6 Å². The number of aromatic amines is 1. The quantitative estimate of drug-likeness (QED) is 0.407. The highest BCUT2D eigenvalue weighted by atomic mass is 35.5. The molecule has 1 saturated heterocycles. The number of hydrogen-bond acceptors (Lipinski definition) is 3. The van der Waals surface area contributed by atoms with Gasteiger partial charge in [0.05, 0.1) is 7.11 Å². The zero-order valence-electron chi connectivity index (χ0n) is 17.1. The lowest BCUT2D eigenvalue weighted by Gasteiger charge is -2.31. The first-order valence-corrected chi connectivity index (χ1v) is 10.8. The predicted octanol–water partition coefficient (Wildman–Crippen LogP) is 5.95. The van der Waals surface area contributed by atoms with Crippen molar-refractivity contribution in [3.8, 4) is 5.75 Å². The molecule has 6 heteroatoms. The molecule has 3 aromatic carbocycles. The highest BCUT2D eigenvalue weighted by Crippen LogP contribution is 2.44. The summed E-state index contributed by atoms with van der Waals surface area (Å²) in [5.74, 6) is -0.0319. The van der Waals surface area contributed by atoms with Gasteiger partial charge in [0.2, 0.25) is 0 Å². The molecule has 0 amide bonds. The summed E-state index contributed by atoms with van der Waals surface area (Å²) in [6, 6.07) is 17.0. The monoisotopic (exact) mass is 434 g/mol. The van der Waals surface area contributed by atoms with Crippen molar-refractivity contribution < 1.29 is 14.6 Å². The van der Waals surface area contributed by atoms with E-state index in [1.807, 2.05) is 42.5 Å². The van der Waals surface area contributed by atoms with Crippen molar-refractivity contribution in [2.24, 2.45) is 0 Å². The number of carboxylic acid groups (broad SMARTS) is 1. The van der Waals surface area contributed by atoms with E-state index >= 15 is 0 Å². The summed E-state index contributed by atoms with van der Waals surface area (Å²) < 4.78 is 5.55. The number of H-pyrrole nitrogens is 1. The molecule has 31 heavy (non-hydrogen) atoms. The van der Waals surface area contributed by atoms with Gasteiger partial charge in [-0.2, -0.15) is 0 Å². The first kappa shape index (κ1) is 19.9. The van der Waals surface area contributed by atoms with E-state index in [0.29, 0.717) is 5.02 Å². The van der Waals surface area contributed by atoms with Crippen molar-refractivity contribution in [2.45, 2.75) is 24.9 Å². The number of aromatic nitrogens is 1. The number of hydrogen-bond donors (Lipinski definition) is 2. The topological polar surface area (TPSA) is 65.6 Å². The molecule has 0 bridgehead atoms. The van der Waals surface area contributed by atoms with E-state index in [1.165, 1.54) is 0 Å². The Labute approximate surface area is 185 Å². The summed E-state index contributed by atoms with van der Waals surface area (Å²) in [7, 11) is 1.67. The van der Waals surface area contributed by atoms with E-state index < -0.39 is 12.0 Å². The second kappa shape index (κ2) is 7.91. The number of carbonyl (C=O) groups is 1. The van der Waals surface area contributed by atoms with Crippen LogP contribution in [0.1, 0.15) is 36.1 Å². The number of halogens is 1. The van der Waals surface area contributed by atoms with Crippen LogP contribution in [-0.2, 0) is 4.79 Å². The van der Waals surface area contributed by atoms with Crippen LogP contribution in [0.5, 0.6) is 5.75 Å². The third kappa shape index (κ3) is 3.34. The molecule has 2 unspecified atom stereocenters. The third-order valence-electron chi connectivity index (χ3n) is 6.33. The lowest BCUT2D eigenvalue weighted by Crippen LogP contribution is -2.33. The Morgan fingerprint density at radius 1 is 1.16 bits per heavy atom. The molecule has 2 atom stereocenters. The zero-order valence-corrected chi connectivity index (χ0v) is 17.9. The lowest BCUT2D eigenvalue weighted by molar-refractivity contribution is -0.144. The van der Waals surface area contributed by atoms with Gasteiger partial charge in [-0.1, -0.05) is 41.9 Å². The molecule has 0 spiro atoms. The maximum absolute atomic E-state index is 12.5. The van der Waals surface area contributed by atoms with Crippen LogP contribution in [0.15, 0.2) is 60.8 Å². The van der Waals surface area contributed by atoms with Gasteiger partial charge in [0.15, 0.2) is 0 Å². The van der Waals surface area contributed by atoms with Crippen molar-refractivity contribution >= 4 is 39.2 Å². The number of rotatable bonds is 5. The van der Waals surface area contributed by atoms with Crippen LogP contribution in [0.4, 0.5) is 0 Å². The summed E-state index contributed by atoms with van der Waals surface area (Å²) in [6.45, 7) is 0.717. The van der Waals surface area contributed by atoms with E-state index in [2.05, 4.69) is 22.0 Å². The standard InChI is InChI=1S/C25H23ClN2O3/c1-31-23-11-9-17(16-5-2-3-6-18(16)23)22-7-4-12-28(22)24(25(29)30)20-14-27-21-10-8-15(26)13-19(20)21/h2-3,5-6,8-11,13-14,22,24,27H,4,7,12H2,1H3,(H,29,30). The van der Waals surface area contributed by atoms with Gasteiger partial charge in [0, 0.05) is 39.1 Å². The highest BCUT2D eigenvalue weighted by molar-refractivity contribution is 6.31. The fraction of sp³-hybridized carbons (Fsp3) is 0.240. The van der Waals surface area contributed by atoms with Crippen LogP contribution < -0.4 is 4.74 Å². The molecule has 5 nitrogen and oxygen atoms in total. The number of methoxy groups -OCH3 is 1. The van der Waals surface area contributed by atoms with Crippen molar-refractivity contribution in [1.82, 2.24) is 9.88 Å². The van der Waals surface area contributed by atoms with Gasteiger partial charge in [-0.05, 0) is 54.6 Å². The molecular weight excluding hydrogens is 412 g/mol. The van der Waals surface area contributed by atoms with Gasteiger partial charge in [-0.15, -0.1) is 0 Å². The number of fused-ring (bicyclic) bond motifs is 2. The molecule has 2 heterocycles. The fourth-order valence-corrected chi connectivity index (χ4v) is 5.16. The smallest absolute Gasteiger partial charge is 0.325 e. The van der Waals surface area contributed by atoms with Gasteiger partial charge < -0.3 is 14.8 Å². The van der Waals surface area contributed by atoms with Crippen LogP contribution in [0.25, 0.3) is 21.7 Å². The first-order chi connectivity index (χ1) is 15.1. The summed E-state index contributed by atoms with van der Waals surface area (Å²) in [6.07, 6.45) is 3.66. The number of likely N-dealkylation sites (tertiary alicyclic amines) is 1. The Kier molecular flexibility index (Phi) is 5.08. The van der Waals surface area contributed by atoms with Crippen LogP contribution in [0.3, 0.4) is 0 Å². The molecule has 0 saturated carbocycles. The SMILES string of the molecule is COc1ccc(C2CCCN2C(C(=O)O)c2c[nH]c3ccc(Cl)cc23)c2ccccc12. The van der Waals surface area contributed by atoms with Crippen molar-refractivity contribution in [2.75, 3.05) is 13.7 Å². The minimum atomic E-state index is -0.856. The van der Waals surface area contributed by atoms with E-state index in [4.69, 9.17) is 16.3 Å². The molecule has 4 aromatic rings. The summed E-state index contributed by atoms with van der Waals surface area (Å²) >= 11 is 6.22. The predicted molar refractivity (Wildman–Crippen MR) is 123 cm³/mol. The molecule has 0 aliphatic carbocycles. The molecule has 1 fully saturated rings. The van der Waals surface area contributed by atoms with Gasteiger partial charge in [-0.25, -0.2) is 0 Å². The minimum Gasteiger partial charge on any atom is -0.496 e. The molecule has 2 N–H and O–H groups in total. The van der Waals surface area contributed by atoms with Gasteiger partial charge in [0.1, 0.15) is 11.8 Å². The molecule has 158 valence electrons. The van der Waals surface area contributed by atoms with Crippen molar-refractivity contribution in [1.29, 1.82) is 0 Å². The van der Waals surface area contributed by atoms with Crippen molar-refractivity contribution in [3.05, 3.63) is 76.9 Å². The Hall–Kier alpha value is -3.02. The minimum absolute atomic E-state index is 0.000963. The second-order valence-electron chi connectivity index (χ2n) is 7.97. The molecule has 1 aliphatic rings. The Morgan fingerprint density at radius 2 is 1.97 bits per heavy atom. The second-order valence-corrected chi connectivity index (χ2v) is 8.41. The number of aliphatic carboxylic acids is 1. The molecule has 5 rings (SSSR count). The Morgan fingerprint density at radius 3 is 2.74 bits per heavy atom. The van der Waals surface area contributed by atoms with E-state index in [1.54, 1.807) is 13.3 Å². The molecule has 1 aromatic heterocycles. The van der Waals surface area contributed by atoms with E-state index in [-0.39, 0.29) is 6.04 Å². The molecular formula is C25H23ClN2O3. The zero-order chi connectivity index (χ0) is 21.5. The van der Waals surface area contributed by atoms with Crippen LogP contribution >= 0.6 is 11.6 Å². The Bertz CT molecular complexity index is 1280. The van der Waals surface area contributed by atoms with Gasteiger partial charge in [0.25, 0.3) is 0 Å². The van der Waals surface area contributed by atoms with Crippen LogP contribution in [0, 0.1) is 0 Å². The number of ether oxygens (including phenoxy) is 1. The largest absolute Gasteiger partial charge is 0.496 e. The first-order valence-electron chi connectivity index (χ1n) is 10.4. The summed E-state index contributed by atoms with van der Waals surface area (Å²) in [5.41, 5.74) is 2.77. The van der Waals surface area contributed by atoms with E-state index in [9.17, 15) is 9.90 Å². The highest BCUT2D eigenvalue weighted by Gasteiger charge is 2.38. The molecule has 0 radical (unpaired) electrons. The lowest BCUT2D eigenvalue weighted by atomic mass is 9.95. The summed E-state index contributed by atoms with van der Waals surface area (Å²) in [4.78, 5) is 17.9. The van der Waals surface area contributed by atoms with Crippen LogP contribution in [0.2, 0.25) is 5.02 Å². The van der Waals surface area contributed by atoms with Gasteiger partial charge in [-0.3, -0.25) is 9.69 Å². The maximum atomic E-state index is 12.5. The van der Waals surface area contributed by atoms with E-state index in [0.717, 1.165) is 57.9 Å². The number of carboxylic acids is 1. The summed E-state index contributed by atoms with van der Waals surface area (Å²) in [5, 5.41) is 13.9. The molecule has 1 aliphatic heterocycles. The number of benzene rings is 3. The number of nitrogens with one attached hydrogen (secondary N) is 1. The Balaban J connectivity index is 1.63. The average Bonchev–Trinajstić information content (AvgIpc) is 3.41. The van der Waals surface area contributed by atoms with Crippen molar-refractivity contribution in [3.63, 3.8) is 0 Å². The average molecular weight is 435 g/mol. The normalized spacial score (nSPS) is 17.9. The fourth-order valence-electron chi connectivity index (χ4n) is 4.99. The maximum Gasteiger partial charge on any atom is 0.325 e. The number of nitrogens with zero attached hydrogens (tertiary/aromatic N) is 1. The third-order valence-corrected chi connectivity index (χ3v) is 6.56. The van der Waals surface area contributed by atoms with Gasteiger partial charge >= 0.3 is 5.97 Å².